The van der Waals surface area contributed by atoms with E-state index in [2.05, 4.69) is 18.2 Å². The Kier molecular flexibility index (Phi) is 9.67. The van der Waals surface area contributed by atoms with Crippen LogP contribution in [0.2, 0.25) is 0 Å². The van der Waals surface area contributed by atoms with E-state index in [0.29, 0.717) is 56.7 Å². The molecule has 0 bridgehead atoms. The zero-order valence-corrected chi connectivity index (χ0v) is 26.1. The van der Waals surface area contributed by atoms with Crippen LogP contribution in [0.1, 0.15) is 79.2 Å². The molecule has 0 N–H and O–H groups in total. The molecule has 1 fully saturated rings. The second-order valence-electron chi connectivity index (χ2n) is 12.9. The fourth-order valence-corrected chi connectivity index (χ4v) is 6.17. The van der Waals surface area contributed by atoms with Crippen molar-refractivity contribution in [1.29, 1.82) is 0 Å². The number of likely N-dealkylation sites (tertiary alicyclic amines) is 1. The molecule has 232 valence electrons. The first kappa shape index (κ1) is 31.2. The molecule has 2 aliphatic heterocycles. The van der Waals surface area contributed by atoms with Crippen LogP contribution in [0.3, 0.4) is 0 Å². The highest BCUT2D eigenvalue weighted by atomic mass is 16.6. The van der Waals surface area contributed by atoms with Crippen LogP contribution in [0.15, 0.2) is 66.7 Å². The molecule has 1 saturated heterocycles. The first-order valence-electron chi connectivity index (χ1n) is 15.8. The summed E-state index contributed by atoms with van der Waals surface area (Å²) in [6.45, 7) is 8.44. The molecule has 4 amide bonds. The van der Waals surface area contributed by atoms with E-state index < -0.39 is 5.60 Å². The number of carbonyl (C=O) groups excluding carboxylic acids is 4. The van der Waals surface area contributed by atoms with Crippen molar-refractivity contribution in [2.45, 2.75) is 64.9 Å². The number of ether oxygens (including phenoxy) is 1. The molecular weight excluding hydrogens is 554 g/mol. The van der Waals surface area contributed by atoms with Crippen LogP contribution in [0.25, 0.3) is 10.8 Å². The van der Waals surface area contributed by atoms with Gasteiger partial charge in [0, 0.05) is 32.7 Å². The van der Waals surface area contributed by atoms with Gasteiger partial charge in [-0.3, -0.25) is 19.3 Å². The van der Waals surface area contributed by atoms with Crippen LogP contribution < -0.4 is 0 Å². The van der Waals surface area contributed by atoms with Crippen molar-refractivity contribution >= 4 is 34.6 Å². The molecule has 0 radical (unpaired) electrons. The molecule has 0 spiro atoms. The largest absolute Gasteiger partial charge is 0.444 e. The summed E-state index contributed by atoms with van der Waals surface area (Å²) in [4.78, 5) is 56.7. The smallest absolute Gasteiger partial charge is 0.410 e. The van der Waals surface area contributed by atoms with Gasteiger partial charge in [0.15, 0.2) is 0 Å². The van der Waals surface area contributed by atoms with E-state index >= 15 is 0 Å². The Morgan fingerprint density at radius 1 is 0.841 bits per heavy atom. The Balaban J connectivity index is 1.10. The molecule has 0 unspecified atom stereocenters. The van der Waals surface area contributed by atoms with Gasteiger partial charge in [0.1, 0.15) is 5.60 Å². The van der Waals surface area contributed by atoms with E-state index in [4.69, 9.17) is 4.74 Å². The van der Waals surface area contributed by atoms with Gasteiger partial charge in [-0.05, 0) is 87.3 Å². The number of fused-ring (bicyclic) bond motifs is 2. The number of carbonyl (C=O) groups is 4. The highest BCUT2D eigenvalue weighted by Gasteiger charge is 2.34. The van der Waals surface area contributed by atoms with Crippen LogP contribution in [0, 0.1) is 5.92 Å². The quantitative estimate of drug-likeness (QED) is 0.202. The molecule has 5 rings (SSSR count). The standard InChI is InChI=1S/C36H43N3O5/c1-36(2,3)44-35(43)38(20-9-4-10-21-39-33(41)30-16-7-8-17-31(30)34(39)42)25-26-18-22-37(23-19-26)32(40)24-28-14-11-13-27-12-5-6-15-29(27)28/h5-8,11-17,26H,4,9-10,18-25H2,1-3H3. The molecular formula is C36H43N3O5. The lowest BCUT2D eigenvalue weighted by molar-refractivity contribution is -0.131. The molecule has 2 aliphatic rings. The molecule has 8 heteroatoms. The van der Waals surface area contributed by atoms with Crippen LogP contribution in [0.4, 0.5) is 4.79 Å². The second-order valence-corrected chi connectivity index (χ2v) is 12.9. The van der Waals surface area contributed by atoms with Gasteiger partial charge in [-0.2, -0.15) is 0 Å². The number of imide groups is 1. The fourth-order valence-electron chi connectivity index (χ4n) is 6.17. The summed E-state index contributed by atoms with van der Waals surface area (Å²) < 4.78 is 5.73. The maximum atomic E-state index is 13.2. The number of rotatable bonds is 10. The molecule has 8 nitrogen and oxygen atoms in total. The zero-order chi connectivity index (χ0) is 31.3. The molecule has 3 aromatic rings. The van der Waals surface area contributed by atoms with Gasteiger partial charge in [-0.15, -0.1) is 0 Å². The third kappa shape index (κ3) is 7.47. The number of unbranched alkanes of at least 4 members (excludes halogenated alkanes) is 2. The van der Waals surface area contributed by atoms with Crippen molar-refractivity contribution in [3.8, 4) is 0 Å². The average Bonchev–Trinajstić information content (AvgIpc) is 3.24. The molecule has 0 saturated carbocycles. The Morgan fingerprint density at radius 3 is 2.16 bits per heavy atom. The van der Waals surface area contributed by atoms with Crippen molar-refractivity contribution in [1.82, 2.24) is 14.7 Å². The SMILES string of the molecule is CC(C)(C)OC(=O)N(CCCCCN1C(=O)c2ccccc2C1=O)CC1CCN(C(=O)Cc2cccc3ccccc23)CC1. The minimum absolute atomic E-state index is 0.141. The average molecular weight is 598 g/mol. The molecule has 0 aromatic heterocycles. The van der Waals surface area contributed by atoms with Crippen molar-refractivity contribution in [3.05, 3.63) is 83.4 Å². The maximum Gasteiger partial charge on any atom is 0.410 e. The predicted molar refractivity (Wildman–Crippen MR) is 170 cm³/mol. The third-order valence-corrected chi connectivity index (χ3v) is 8.51. The van der Waals surface area contributed by atoms with Gasteiger partial charge in [0.2, 0.25) is 5.91 Å². The van der Waals surface area contributed by atoms with Crippen LogP contribution in [-0.4, -0.2) is 76.8 Å². The van der Waals surface area contributed by atoms with Crippen molar-refractivity contribution in [3.63, 3.8) is 0 Å². The summed E-state index contributed by atoms with van der Waals surface area (Å²) >= 11 is 0. The lowest BCUT2D eigenvalue weighted by Gasteiger charge is -2.35. The van der Waals surface area contributed by atoms with Gasteiger partial charge in [-0.25, -0.2) is 4.79 Å². The molecule has 0 aliphatic carbocycles. The first-order chi connectivity index (χ1) is 21.1. The van der Waals surface area contributed by atoms with Crippen LogP contribution >= 0.6 is 0 Å². The Bertz CT molecular complexity index is 1480. The number of benzene rings is 3. The fraction of sp³-hybridized carbons (Fsp3) is 0.444. The molecule has 3 aromatic carbocycles. The highest BCUT2D eigenvalue weighted by molar-refractivity contribution is 6.21. The van der Waals surface area contributed by atoms with E-state index in [1.807, 2.05) is 49.9 Å². The summed E-state index contributed by atoms with van der Waals surface area (Å²) in [6, 6.07) is 21.2. The topological polar surface area (TPSA) is 87.2 Å². The Morgan fingerprint density at radius 2 is 1.48 bits per heavy atom. The Hall–Kier alpha value is -4.20. The number of hydrogen-bond donors (Lipinski definition) is 0. The number of piperidine rings is 1. The van der Waals surface area contributed by atoms with Gasteiger partial charge in [0.25, 0.3) is 11.8 Å². The monoisotopic (exact) mass is 597 g/mol. The van der Waals surface area contributed by atoms with E-state index in [0.717, 1.165) is 42.0 Å². The lowest BCUT2D eigenvalue weighted by atomic mass is 9.95. The predicted octanol–water partition coefficient (Wildman–Crippen LogP) is 6.32. The van der Waals surface area contributed by atoms with E-state index in [9.17, 15) is 19.2 Å². The van der Waals surface area contributed by atoms with Crippen LogP contribution in [0.5, 0.6) is 0 Å². The highest BCUT2D eigenvalue weighted by Crippen LogP contribution is 2.25. The minimum atomic E-state index is -0.599. The zero-order valence-electron chi connectivity index (χ0n) is 26.1. The van der Waals surface area contributed by atoms with Crippen molar-refractivity contribution in [2.24, 2.45) is 5.92 Å². The summed E-state index contributed by atoms with van der Waals surface area (Å²) in [5, 5.41) is 2.26. The van der Waals surface area contributed by atoms with E-state index in [1.165, 1.54) is 4.90 Å². The third-order valence-electron chi connectivity index (χ3n) is 8.51. The van der Waals surface area contributed by atoms with E-state index in [1.54, 1.807) is 29.2 Å². The number of nitrogens with zero attached hydrogens (tertiary/aromatic N) is 3. The van der Waals surface area contributed by atoms with Crippen molar-refractivity contribution < 1.29 is 23.9 Å². The Labute approximate surface area is 259 Å². The minimum Gasteiger partial charge on any atom is -0.444 e. The first-order valence-corrected chi connectivity index (χ1v) is 15.8. The van der Waals surface area contributed by atoms with Crippen molar-refractivity contribution in [2.75, 3.05) is 32.7 Å². The van der Waals surface area contributed by atoms with Gasteiger partial charge in [-0.1, -0.05) is 54.6 Å². The summed E-state index contributed by atoms with van der Waals surface area (Å²) in [5.41, 5.74) is 1.39. The second kappa shape index (κ2) is 13.6. The summed E-state index contributed by atoms with van der Waals surface area (Å²) in [7, 11) is 0. The van der Waals surface area contributed by atoms with E-state index in [-0.39, 0.29) is 29.7 Å². The summed E-state index contributed by atoms with van der Waals surface area (Å²) in [6.07, 6.45) is 3.91. The molecule has 2 heterocycles. The van der Waals surface area contributed by atoms with Gasteiger partial charge >= 0.3 is 6.09 Å². The lowest BCUT2D eigenvalue weighted by Crippen LogP contribution is -2.44. The molecule has 44 heavy (non-hydrogen) atoms. The molecule has 0 atom stereocenters. The van der Waals surface area contributed by atoms with Crippen LogP contribution in [-0.2, 0) is 16.0 Å². The number of hydrogen-bond acceptors (Lipinski definition) is 5. The van der Waals surface area contributed by atoms with Gasteiger partial charge < -0.3 is 14.5 Å². The van der Waals surface area contributed by atoms with Gasteiger partial charge in [0.05, 0.1) is 17.5 Å². The number of amides is 4. The summed E-state index contributed by atoms with van der Waals surface area (Å²) in [5.74, 6) is -0.0461. The normalized spacial score (nSPS) is 15.5. The maximum absolute atomic E-state index is 13.2.